The van der Waals surface area contributed by atoms with Gasteiger partial charge in [0.1, 0.15) is 6.61 Å². The van der Waals surface area contributed by atoms with Crippen LogP contribution in [0.1, 0.15) is 23.2 Å². The summed E-state index contributed by atoms with van der Waals surface area (Å²) in [4.78, 5) is 35.4. The molecule has 0 heterocycles. The molecule has 9 heteroatoms. The molecule has 0 aliphatic rings. The number of amides is 2. The van der Waals surface area contributed by atoms with Gasteiger partial charge in [0.2, 0.25) is 5.91 Å². The third-order valence-electron chi connectivity index (χ3n) is 3.19. The maximum absolute atomic E-state index is 12.1. The van der Waals surface area contributed by atoms with Crippen LogP contribution in [0.3, 0.4) is 0 Å². The van der Waals surface area contributed by atoms with Gasteiger partial charge in [-0.1, -0.05) is 18.2 Å². The number of methoxy groups -OCH3 is 1. The second kappa shape index (κ2) is 12.6. The van der Waals surface area contributed by atoms with E-state index < -0.39 is 11.9 Å². The van der Waals surface area contributed by atoms with Crippen LogP contribution in [0.4, 0.5) is 5.69 Å². The van der Waals surface area contributed by atoms with Crippen molar-refractivity contribution >= 4 is 40.8 Å². The van der Waals surface area contributed by atoms with Gasteiger partial charge in [0.05, 0.1) is 24.3 Å². The molecule has 1 aromatic rings. The van der Waals surface area contributed by atoms with Crippen molar-refractivity contribution < 1.29 is 23.9 Å². The zero-order valence-corrected chi connectivity index (χ0v) is 15.9. The molecule has 0 bridgehead atoms. The van der Waals surface area contributed by atoms with Crippen LogP contribution in [0.25, 0.3) is 0 Å². The van der Waals surface area contributed by atoms with E-state index in [4.69, 9.17) is 21.7 Å². The number of thiocarbonyl (C=S) groups is 1. The first-order valence-electron chi connectivity index (χ1n) is 8.21. The number of esters is 1. The second-order valence-electron chi connectivity index (χ2n) is 5.26. The summed E-state index contributed by atoms with van der Waals surface area (Å²) in [5.74, 6) is -1.24. The third kappa shape index (κ3) is 8.93. The van der Waals surface area contributed by atoms with Gasteiger partial charge >= 0.3 is 5.97 Å². The lowest BCUT2D eigenvalue weighted by atomic mass is 10.1. The Morgan fingerprint density at radius 1 is 1.19 bits per heavy atom. The van der Waals surface area contributed by atoms with Crippen LogP contribution in [0.2, 0.25) is 0 Å². The SMILES string of the molecule is C=CCNC(=O)c1ccccc1NC(=S)NC(=O)CCC(=O)OCCOC. The zero-order valence-electron chi connectivity index (χ0n) is 15.1. The summed E-state index contributed by atoms with van der Waals surface area (Å²) in [7, 11) is 1.50. The summed E-state index contributed by atoms with van der Waals surface area (Å²) in [6, 6.07) is 6.73. The number of benzene rings is 1. The Bertz CT molecular complexity index is 693. The van der Waals surface area contributed by atoms with Gasteiger partial charge in [0, 0.05) is 20.1 Å². The van der Waals surface area contributed by atoms with Crippen molar-refractivity contribution in [3.8, 4) is 0 Å². The van der Waals surface area contributed by atoms with E-state index in [0.717, 1.165) is 0 Å². The monoisotopic (exact) mass is 393 g/mol. The number of hydrogen-bond donors (Lipinski definition) is 3. The van der Waals surface area contributed by atoms with Crippen LogP contribution < -0.4 is 16.0 Å². The molecule has 0 saturated heterocycles. The van der Waals surface area contributed by atoms with Gasteiger partial charge in [-0.3, -0.25) is 14.4 Å². The fraction of sp³-hybridized carbons (Fsp3) is 0.333. The minimum Gasteiger partial charge on any atom is -0.463 e. The fourth-order valence-electron chi connectivity index (χ4n) is 1.92. The van der Waals surface area contributed by atoms with E-state index in [1.165, 1.54) is 7.11 Å². The number of nitrogens with one attached hydrogen (secondary N) is 3. The highest BCUT2D eigenvalue weighted by molar-refractivity contribution is 7.80. The van der Waals surface area contributed by atoms with Crippen molar-refractivity contribution in [2.24, 2.45) is 0 Å². The minimum absolute atomic E-state index is 0.0247. The Hall–Kier alpha value is -2.78. The summed E-state index contributed by atoms with van der Waals surface area (Å²) in [5, 5.41) is 7.96. The molecule has 0 radical (unpaired) electrons. The molecule has 0 aliphatic carbocycles. The van der Waals surface area contributed by atoms with Crippen LogP contribution in [0, 0.1) is 0 Å². The number of rotatable bonds is 10. The summed E-state index contributed by atoms with van der Waals surface area (Å²) in [5.41, 5.74) is 0.820. The minimum atomic E-state index is -0.495. The molecule has 27 heavy (non-hydrogen) atoms. The van der Waals surface area contributed by atoms with Crippen LogP contribution in [0.5, 0.6) is 0 Å². The standard InChI is InChI=1S/C18H23N3O5S/c1-3-10-19-17(24)13-6-4-5-7-14(13)20-18(27)21-15(22)8-9-16(23)26-12-11-25-2/h3-7H,1,8-12H2,2H3,(H,19,24)(H2,20,21,22,27). The molecule has 3 N–H and O–H groups in total. The Balaban J connectivity index is 2.50. The van der Waals surface area contributed by atoms with Crippen molar-refractivity contribution in [3.05, 3.63) is 42.5 Å². The van der Waals surface area contributed by atoms with E-state index in [9.17, 15) is 14.4 Å². The molecule has 0 spiro atoms. The number of carbonyl (C=O) groups excluding carboxylic acids is 3. The van der Waals surface area contributed by atoms with E-state index in [1.54, 1.807) is 30.3 Å². The molecule has 0 aliphatic heterocycles. The normalized spacial score (nSPS) is 9.81. The van der Waals surface area contributed by atoms with Gasteiger partial charge in [-0.05, 0) is 24.4 Å². The Morgan fingerprint density at radius 2 is 1.93 bits per heavy atom. The fourth-order valence-corrected chi connectivity index (χ4v) is 2.14. The molecule has 1 rings (SSSR count). The molecule has 146 valence electrons. The number of hydrogen-bond acceptors (Lipinski definition) is 6. The molecule has 8 nitrogen and oxygen atoms in total. The van der Waals surface area contributed by atoms with E-state index in [1.807, 2.05) is 0 Å². The smallest absolute Gasteiger partial charge is 0.306 e. The van der Waals surface area contributed by atoms with Crippen LogP contribution in [-0.4, -0.2) is 49.8 Å². The van der Waals surface area contributed by atoms with Crippen LogP contribution >= 0.6 is 12.2 Å². The summed E-state index contributed by atoms with van der Waals surface area (Å²) >= 11 is 5.09. The molecule has 0 atom stereocenters. The van der Waals surface area contributed by atoms with Crippen molar-refractivity contribution in [2.75, 3.05) is 32.2 Å². The van der Waals surface area contributed by atoms with E-state index >= 15 is 0 Å². The number of anilines is 1. The van der Waals surface area contributed by atoms with Gasteiger partial charge in [-0.25, -0.2) is 0 Å². The molecule has 2 amide bonds. The van der Waals surface area contributed by atoms with Gasteiger partial charge in [-0.2, -0.15) is 0 Å². The molecule has 0 aromatic heterocycles. The predicted molar refractivity (Wildman–Crippen MR) is 105 cm³/mol. The first-order chi connectivity index (χ1) is 13.0. The van der Waals surface area contributed by atoms with Gasteiger partial charge in [-0.15, -0.1) is 6.58 Å². The van der Waals surface area contributed by atoms with Crippen LogP contribution in [0.15, 0.2) is 36.9 Å². The highest BCUT2D eigenvalue weighted by atomic mass is 32.1. The largest absolute Gasteiger partial charge is 0.463 e. The Kier molecular flexibility index (Phi) is 10.4. The Morgan fingerprint density at radius 3 is 2.63 bits per heavy atom. The third-order valence-corrected chi connectivity index (χ3v) is 3.39. The number of para-hydroxylation sites is 1. The van der Waals surface area contributed by atoms with Gasteiger partial charge < -0.3 is 25.4 Å². The average Bonchev–Trinajstić information content (AvgIpc) is 2.65. The number of carbonyl (C=O) groups is 3. The van der Waals surface area contributed by atoms with Crippen molar-refractivity contribution in [1.29, 1.82) is 0 Å². The molecule has 0 fully saturated rings. The van der Waals surface area contributed by atoms with Crippen molar-refractivity contribution in [1.82, 2.24) is 10.6 Å². The lowest BCUT2D eigenvalue weighted by molar-refractivity contribution is -0.146. The lowest BCUT2D eigenvalue weighted by Gasteiger charge is -2.13. The second-order valence-corrected chi connectivity index (χ2v) is 5.67. The van der Waals surface area contributed by atoms with Gasteiger partial charge in [0.15, 0.2) is 5.11 Å². The van der Waals surface area contributed by atoms with Crippen molar-refractivity contribution in [3.63, 3.8) is 0 Å². The molecule has 0 saturated carbocycles. The molecule has 1 aromatic carbocycles. The maximum atomic E-state index is 12.1. The highest BCUT2D eigenvalue weighted by Gasteiger charge is 2.13. The summed E-state index contributed by atoms with van der Waals surface area (Å²) < 4.78 is 9.62. The predicted octanol–water partition coefficient (Wildman–Crippen LogP) is 1.39. The molecule has 0 unspecified atom stereocenters. The Labute approximate surface area is 163 Å². The van der Waals surface area contributed by atoms with Crippen molar-refractivity contribution in [2.45, 2.75) is 12.8 Å². The summed E-state index contributed by atoms with van der Waals surface area (Å²) in [6.07, 6.45) is 1.42. The van der Waals surface area contributed by atoms with Gasteiger partial charge in [0.25, 0.3) is 5.91 Å². The quantitative estimate of drug-likeness (QED) is 0.239. The molecular weight excluding hydrogens is 370 g/mol. The van der Waals surface area contributed by atoms with E-state index in [2.05, 4.69) is 22.5 Å². The lowest BCUT2D eigenvalue weighted by Crippen LogP contribution is -2.35. The maximum Gasteiger partial charge on any atom is 0.306 e. The van der Waals surface area contributed by atoms with E-state index in [0.29, 0.717) is 24.4 Å². The highest BCUT2D eigenvalue weighted by Crippen LogP contribution is 2.14. The topological polar surface area (TPSA) is 106 Å². The van der Waals surface area contributed by atoms with Crippen LogP contribution in [-0.2, 0) is 19.1 Å². The first-order valence-corrected chi connectivity index (χ1v) is 8.62. The number of ether oxygens (including phenoxy) is 2. The van der Waals surface area contributed by atoms with E-state index in [-0.39, 0.29) is 30.5 Å². The summed E-state index contributed by atoms with van der Waals surface area (Å²) in [6.45, 7) is 4.31. The molecular formula is C18H23N3O5S. The zero-order chi connectivity index (χ0) is 20.1. The average molecular weight is 393 g/mol. The first kappa shape index (κ1) is 22.3.